The predicted octanol–water partition coefficient (Wildman–Crippen LogP) is 0.418. The van der Waals surface area contributed by atoms with Gasteiger partial charge in [0.15, 0.2) is 0 Å². The third-order valence-corrected chi connectivity index (χ3v) is 5.14. The molecule has 1 aliphatic carbocycles. The molecular formula is C12H20N6O2S. The zero-order chi connectivity index (χ0) is 14.7. The molecule has 1 aromatic heterocycles. The number of ether oxygens (including phenoxy) is 1. The second-order valence-corrected chi connectivity index (χ2v) is 6.48. The van der Waals surface area contributed by atoms with Crippen molar-refractivity contribution in [3.8, 4) is 0 Å². The Morgan fingerprint density at radius 3 is 2.95 bits per heavy atom. The molecule has 8 nitrogen and oxygen atoms in total. The van der Waals surface area contributed by atoms with E-state index < -0.39 is 6.10 Å². The fourth-order valence-electron chi connectivity index (χ4n) is 2.94. The molecule has 2 unspecified atom stereocenters. The predicted molar refractivity (Wildman–Crippen MR) is 76.3 cm³/mol. The number of carbonyl (C=O) groups excluding carboxylic acids is 1. The Kier molecular flexibility index (Phi) is 4.71. The van der Waals surface area contributed by atoms with Crippen LogP contribution in [0.25, 0.3) is 0 Å². The molecule has 1 aromatic rings. The minimum atomic E-state index is -0.425. The first kappa shape index (κ1) is 14.7. The number of nitrogens with one attached hydrogen (secondary N) is 1. The molecular weight excluding hydrogens is 292 g/mol. The standard InChI is InChI=1S/C12H20N6O2S/c13-14-11(19)10-6-5-9(20-10)7-21-12-15-16-17-18(12)8-3-1-2-4-8/h8-10H,1-7,13H2,(H,14,19). The lowest BCUT2D eigenvalue weighted by Gasteiger charge is -2.13. The van der Waals surface area contributed by atoms with Crippen LogP contribution >= 0.6 is 11.8 Å². The van der Waals surface area contributed by atoms with Crippen LogP contribution in [0.1, 0.15) is 44.6 Å². The van der Waals surface area contributed by atoms with Crippen molar-refractivity contribution in [1.29, 1.82) is 0 Å². The van der Waals surface area contributed by atoms with E-state index in [4.69, 9.17) is 10.6 Å². The Morgan fingerprint density at radius 2 is 2.19 bits per heavy atom. The fraction of sp³-hybridized carbons (Fsp3) is 0.833. The number of thioether (sulfide) groups is 1. The van der Waals surface area contributed by atoms with Gasteiger partial charge in [-0.1, -0.05) is 24.6 Å². The maximum atomic E-state index is 11.4. The first-order valence-corrected chi connectivity index (χ1v) is 8.33. The molecule has 0 aromatic carbocycles. The third-order valence-electron chi connectivity index (χ3n) is 4.07. The van der Waals surface area contributed by atoms with E-state index in [0.29, 0.717) is 12.5 Å². The highest BCUT2D eigenvalue weighted by atomic mass is 32.2. The van der Waals surface area contributed by atoms with Gasteiger partial charge in [-0.3, -0.25) is 10.2 Å². The summed E-state index contributed by atoms with van der Waals surface area (Å²) in [6, 6.07) is 0.433. The number of hydrogen-bond acceptors (Lipinski definition) is 7. The van der Waals surface area contributed by atoms with Crippen molar-refractivity contribution in [2.45, 2.75) is 61.9 Å². The molecule has 2 fully saturated rings. The Balaban J connectivity index is 1.52. The highest BCUT2D eigenvalue weighted by molar-refractivity contribution is 7.99. The summed E-state index contributed by atoms with van der Waals surface area (Å²) < 4.78 is 7.63. The summed E-state index contributed by atoms with van der Waals surface area (Å²) in [6.07, 6.45) is 5.98. The number of carbonyl (C=O) groups is 1. The van der Waals surface area contributed by atoms with Gasteiger partial charge in [0.05, 0.1) is 12.1 Å². The summed E-state index contributed by atoms with van der Waals surface area (Å²) in [5.74, 6) is 5.62. The van der Waals surface area contributed by atoms with Crippen molar-refractivity contribution in [2.24, 2.45) is 5.84 Å². The summed E-state index contributed by atoms with van der Waals surface area (Å²) in [4.78, 5) is 11.4. The Morgan fingerprint density at radius 1 is 1.38 bits per heavy atom. The van der Waals surface area contributed by atoms with Gasteiger partial charge < -0.3 is 4.74 Å². The lowest BCUT2D eigenvalue weighted by molar-refractivity contribution is -0.131. The van der Waals surface area contributed by atoms with Gasteiger partial charge in [-0.05, 0) is 36.1 Å². The van der Waals surface area contributed by atoms with Crippen molar-refractivity contribution in [3.63, 3.8) is 0 Å². The zero-order valence-corrected chi connectivity index (χ0v) is 12.6. The fourth-order valence-corrected chi connectivity index (χ4v) is 3.93. The Hall–Kier alpha value is -1.19. The average molecular weight is 312 g/mol. The summed E-state index contributed by atoms with van der Waals surface area (Å²) in [5, 5.41) is 12.8. The molecule has 3 N–H and O–H groups in total. The van der Waals surface area contributed by atoms with Crippen molar-refractivity contribution < 1.29 is 9.53 Å². The van der Waals surface area contributed by atoms with Crippen LogP contribution in [0.2, 0.25) is 0 Å². The SMILES string of the molecule is NNC(=O)C1CCC(CSc2nnnn2C2CCCC2)O1. The maximum Gasteiger partial charge on any atom is 0.263 e. The topological polar surface area (TPSA) is 108 Å². The third kappa shape index (κ3) is 3.35. The van der Waals surface area contributed by atoms with E-state index in [-0.39, 0.29) is 12.0 Å². The van der Waals surface area contributed by atoms with E-state index in [1.165, 1.54) is 12.8 Å². The van der Waals surface area contributed by atoms with Gasteiger partial charge in [0.25, 0.3) is 5.91 Å². The molecule has 2 aliphatic rings. The molecule has 0 bridgehead atoms. The van der Waals surface area contributed by atoms with Crippen LogP contribution in [-0.4, -0.2) is 44.1 Å². The van der Waals surface area contributed by atoms with Gasteiger partial charge >= 0.3 is 0 Å². The molecule has 2 heterocycles. The molecule has 21 heavy (non-hydrogen) atoms. The highest BCUT2D eigenvalue weighted by Gasteiger charge is 2.31. The molecule has 3 rings (SSSR count). The Labute approximate surface area is 127 Å². The minimum absolute atomic E-state index is 0.0472. The van der Waals surface area contributed by atoms with Crippen LogP contribution < -0.4 is 11.3 Å². The lowest BCUT2D eigenvalue weighted by Crippen LogP contribution is -2.39. The van der Waals surface area contributed by atoms with E-state index in [1.54, 1.807) is 11.8 Å². The quantitative estimate of drug-likeness (QED) is 0.351. The molecule has 2 atom stereocenters. The van der Waals surface area contributed by atoms with Crippen LogP contribution in [0.5, 0.6) is 0 Å². The van der Waals surface area contributed by atoms with E-state index in [2.05, 4.69) is 21.0 Å². The highest BCUT2D eigenvalue weighted by Crippen LogP contribution is 2.32. The Bertz CT molecular complexity index is 490. The van der Waals surface area contributed by atoms with E-state index >= 15 is 0 Å². The van der Waals surface area contributed by atoms with Crippen LogP contribution in [0.3, 0.4) is 0 Å². The van der Waals surface area contributed by atoms with Gasteiger partial charge in [-0.15, -0.1) is 5.10 Å². The van der Waals surface area contributed by atoms with Crippen LogP contribution in [-0.2, 0) is 9.53 Å². The van der Waals surface area contributed by atoms with Gasteiger partial charge in [-0.25, -0.2) is 10.5 Å². The van der Waals surface area contributed by atoms with Crippen LogP contribution in [0.4, 0.5) is 0 Å². The largest absolute Gasteiger partial charge is 0.364 e. The van der Waals surface area contributed by atoms with Gasteiger partial charge in [0.1, 0.15) is 6.10 Å². The van der Waals surface area contributed by atoms with Crippen molar-refractivity contribution in [2.75, 3.05) is 5.75 Å². The number of hydrazine groups is 1. The number of tetrazole rings is 1. The average Bonchev–Trinajstić information content (AvgIpc) is 3.22. The van der Waals surface area contributed by atoms with Crippen molar-refractivity contribution >= 4 is 17.7 Å². The lowest BCUT2D eigenvalue weighted by atomic mass is 10.2. The second-order valence-electron chi connectivity index (χ2n) is 5.49. The molecule has 1 amide bonds. The smallest absolute Gasteiger partial charge is 0.263 e. The number of rotatable bonds is 5. The zero-order valence-electron chi connectivity index (χ0n) is 11.8. The number of nitrogens with two attached hydrogens (primary N) is 1. The van der Waals surface area contributed by atoms with Crippen molar-refractivity contribution in [3.05, 3.63) is 0 Å². The summed E-state index contributed by atoms with van der Waals surface area (Å²) in [6.45, 7) is 0. The minimum Gasteiger partial charge on any atom is -0.364 e. The number of amides is 1. The summed E-state index contributed by atoms with van der Waals surface area (Å²) in [7, 11) is 0. The number of aromatic nitrogens is 4. The molecule has 116 valence electrons. The molecule has 1 saturated heterocycles. The van der Waals surface area contributed by atoms with E-state index in [1.807, 2.05) is 4.68 Å². The molecule has 1 saturated carbocycles. The molecule has 0 spiro atoms. The first-order chi connectivity index (χ1) is 10.3. The van der Waals surface area contributed by atoms with E-state index in [0.717, 1.165) is 30.2 Å². The second kappa shape index (κ2) is 6.71. The van der Waals surface area contributed by atoms with Gasteiger partial charge in [0, 0.05) is 5.75 Å². The molecule has 9 heteroatoms. The van der Waals surface area contributed by atoms with Crippen LogP contribution in [0, 0.1) is 0 Å². The number of nitrogens with zero attached hydrogens (tertiary/aromatic N) is 4. The normalized spacial score (nSPS) is 26.3. The number of hydrogen-bond donors (Lipinski definition) is 2. The van der Waals surface area contributed by atoms with E-state index in [9.17, 15) is 4.79 Å². The van der Waals surface area contributed by atoms with Crippen molar-refractivity contribution in [1.82, 2.24) is 25.6 Å². The first-order valence-electron chi connectivity index (χ1n) is 7.34. The van der Waals surface area contributed by atoms with Gasteiger partial charge in [0.2, 0.25) is 5.16 Å². The summed E-state index contributed by atoms with van der Waals surface area (Å²) in [5.41, 5.74) is 2.14. The molecule has 1 aliphatic heterocycles. The monoisotopic (exact) mass is 312 g/mol. The summed E-state index contributed by atoms with van der Waals surface area (Å²) >= 11 is 1.60. The molecule has 0 radical (unpaired) electrons. The van der Waals surface area contributed by atoms with Gasteiger partial charge in [-0.2, -0.15) is 0 Å². The maximum absolute atomic E-state index is 11.4. The van der Waals surface area contributed by atoms with Crippen LogP contribution in [0.15, 0.2) is 5.16 Å².